The number of rotatable bonds is 4. The molecule has 1 aromatic heterocycles. The van der Waals surface area contributed by atoms with Gasteiger partial charge in [0.25, 0.3) is 5.91 Å². The highest BCUT2D eigenvalue weighted by Crippen LogP contribution is 2.35. The Morgan fingerprint density at radius 2 is 1.83 bits per heavy atom. The molecule has 120 valence electrons. The van der Waals surface area contributed by atoms with Crippen LogP contribution in [0.15, 0.2) is 23.6 Å². The molecule has 1 aromatic rings. The molecule has 7 nitrogen and oxygen atoms in total. The van der Waals surface area contributed by atoms with Crippen LogP contribution in [0, 0.1) is 11.8 Å². The quantitative estimate of drug-likeness (QED) is 0.625. The van der Waals surface area contributed by atoms with Gasteiger partial charge in [-0.1, -0.05) is 12.2 Å². The van der Waals surface area contributed by atoms with Gasteiger partial charge in [0.05, 0.1) is 17.4 Å². The summed E-state index contributed by atoms with van der Waals surface area (Å²) in [5.74, 6) is -2.50. The molecule has 1 aliphatic carbocycles. The SMILES string of the molecule is NC(=O)c1ccsc1NC(=O)CN1C(=O)[C@@H]2CC=CC[C@H]2C1=O. The maximum atomic E-state index is 12.3. The number of carbonyl (C=O) groups is 4. The van der Waals surface area contributed by atoms with Crippen molar-refractivity contribution in [3.8, 4) is 0 Å². The fraction of sp³-hybridized carbons (Fsp3) is 0.333. The van der Waals surface area contributed by atoms with Crippen molar-refractivity contribution in [2.24, 2.45) is 17.6 Å². The third-order valence-electron chi connectivity index (χ3n) is 4.08. The molecule has 0 spiro atoms. The zero-order chi connectivity index (χ0) is 16.6. The molecule has 2 atom stereocenters. The second-order valence-corrected chi connectivity index (χ2v) is 6.41. The van der Waals surface area contributed by atoms with Crippen molar-refractivity contribution in [1.29, 1.82) is 0 Å². The Morgan fingerprint density at radius 3 is 2.39 bits per heavy atom. The highest BCUT2D eigenvalue weighted by Gasteiger charge is 2.47. The van der Waals surface area contributed by atoms with E-state index < -0.39 is 11.8 Å². The molecule has 0 saturated carbocycles. The predicted molar refractivity (Wildman–Crippen MR) is 83.5 cm³/mol. The molecule has 2 heterocycles. The van der Waals surface area contributed by atoms with Crippen molar-refractivity contribution >= 4 is 40.0 Å². The number of hydrogen-bond donors (Lipinski definition) is 2. The van der Waals surface area contributed by atoms with Gasteiger partial charge in [0, 0.05) is 0 Å². The number of amides is 4. The number of anilines is 1. The zero-order valence-corrected chi connectivity index (χ0v) is 13.0. The summed E-state index contributed by atoms with van der Waals surface area (Å²) < 4.78 is 0. The van der Waals surface area contributed by atoms with Crippen LogP contribution in [0.2, 0.25) is 0 Å². The highest BCUT2D eigenvalue weighted by molar-refractivity contribution is 7.14. The van der Waals surface area contributed by atoms with E-state index in [0.29, 0.717) is 17.8 Å². The Kier molecular flexibility index (Phi) is 3.99. The van der Waals surface area contributed by atoms with Crippen molar-refractivity contribution in [3.63, 3.8) is 0 Å². The van der Waals surface area contributed by atoms with Crippen LogP contribution < -0.4 is 11.1 Å². The van der Waals surface area contributed by atoms with Gasteiger partial charge >= 0.3 is 0 Å². The summed E-state index contributed by atoms with van der Waals surface area (Å²) in [5, 5.41) is 4.49. The minimum atomic E-state index is -0.646. The van der Waals surface area contributed by atoms with E-state index in [2.05, 4.69) is 5.32 Å². The Balaban J connectivity index is 1.68. The first kappa shape index (κ1) is 15.4. The third-order valence-corrected chi connectivity index (χ3v) is 4.91. The van der Waals surface area contributed by atoms with Crippen molar-refractivity contribution in [3.05, 3.63) is 29.2 Å². The summed E-state index contributed by atoms with van der Waals surface area (Å²) >= 11 is 1.15. The minimum Gasteiger partial charge on any atom is -0.366 e. The number of nitrogens with two attached hydrogens (primary N) is 1. The number of imide groups is 1. The largest absolute Gasteiger partial charge is 0.366 e. The normalized spacial score (nSPS) is 23.0. The van der Waals surface area contributed by atoms with Crippen molar-refractivity contribution in [2.45, 2.75) is 12.8 Å². The van der Waals surface area contributed by atoms with Crippen LogP contribution >= 0.6 is 11.3 Å². The number of allylic oxidation sites excluding steroid dienone is 2. The molecule has 1 aliphatic heterocycles. The Bertz CT molecular complexity index is 698. The Labute approximate surface area is 136 Å². The monoisotopic (exact) mass is 333 g/mol. The molecule has 0 bridgehead atoms. The van der Waals surface area contributed by atoms with Crippen molar-refractivity contribution < 1.29 is 19.2 Å². The van der Waals surface area contributed by atoms with Gasteiger partial charge < -0.3 is 11.1 Å². The summed E-state index contributed by atoms with van der Waals surface area (Å²) in [4.78, 5) is 48.9. The molecule has 4 amide bonds. The average Bonchev–Trinajstić information content (AvgIpc) is 3.07. The molecule has 2 aliphatic rings. The summed E-state index contributed by atoms with van der Waals surface area (Å²) in [6.45, 7) is -0.346. The lowest BCUT2D eigenvalue weighted by Gasteiger charge is -2.14. The first-order valence-corrected chi connectivity index (χ1v) is 8.04. The van der Waals surface area contributed by atoms with E-state index in [1.807, 2.05) is 12.2 Å². The maximum Gasteiger partial charge on any atom is 0.251 e. The maximum absolute atomic E-state index is 12.3. The van der Waals surface area contributed by atoms with Gasteiger partial charge in [-0.3, -0.25) is 24.1 Å². The lowest BCUT2D eigenvalue weighted by atomic mass is 9.85. The van der Waals surface area contributed by atoms with E-state index >= 15 is 0 Å². The van der Waals surface area contributed by atoms with Gasteiger partial charge in [0.2, 0.25) is 17.7 Å². The molecule has 1 fully saturated rings. The molecule has 0 aromatic carbocycles. The minimum absolute atomic E-state index is 0.209. The summed E-state index contributed by atoms with van der Waals surface area (Å²) in [6.07, 6.45) is 4.84. The van der Waals surface area contributed by atoms with E-state index in [4.69, 9.17) is 5.73 Å². The highest BCUT2D eigenvalue weighted by atomic mass is 32.1. The summed E-state index contributed by atoms with van der Waals surface area (Å²) in [7, 11) is 0. The molecule has 1 saturated heterocycles. The second-order valence-electron chi connectivity index (χ2n) is 5.49. The van der Waals surface area contributed by atoms with Crippen LogP contribution in [0.5, 0.6) is 0 Å². The lowest BCUT2D eigenvalue weighted by Crippen LogP contribution is -2.38. The first-order chi connectivity index (χ1) is 11.0. The fourth-order valence-electron chi connectivity index (χ4n) is 2.93. The predicted octanol–water partition coefficient (Wildman–Crippen LogP) is 0.737. The third kappa shape index (κ3) is 2.77. The number of likely N-dealkylation sites (tertiary alicyclic amines) is 1. The van der Waals surface area contributed by atoms with Gasteiger partial charge in [-0.15, -0.1) is 11.3 Å². The number of nitrogens with zero attached hydrogens (tertiary/aromatic N) is 1. The van der Waals surface area contributed by atoms with Crippen molar-refractivity contribution in [1.82, 2.24) is 4.90 Å². The van der Waals surface area contributed by atoms with Crippen LogP contribution in [0.25, 0.3) is 0 Å². The van der Waals surface area contributed by atoms with E-state index in [-0.39, 0.29) is 35.8 Å². The number of nitrogens with one attached hydrogen (secondary N) is 1. The number of carbonyl (C=O) groups excluding carboxylic acids is 4. The number of primary amides is 1. The first-order valence-electron chi connectivity index (χ1n) is 7.16. The Hall–Kier alpha value is -2.48. The molecule has 3 rings (SSSR count). The molecular formula is C15H15N3O4S. The molecule has 23 heavy (non-hydrogen) atoms. The van der Waals surface area contributed by atoms with E-state index in [9.17, 15) is 19.2 Å². The second kappa shape index (κ2) is 5.96. The summed E-state index contributed by atoms with van der Waals surface area (Å²) in [6, 6.07) is 1.51. The molecule has 3 N–H and O–H groups in total. The van der Waals surface area contributed by atoms with Crippen molar-refractivity contribution in [2.75, 3.05) is 11.9 Å². The van der Waals surface area contributed by atoms with E-state index in [1.165, 1.54) is 6.07 Å². The van der Waals surface area contributed by atoms with Crippen LogP contribution in [0.1, 0.15) is 23.2 Å². The van der Waals surface area contributed by atoms with Gasteiger partial charge in [-0.25, -0.2) is 0 Å². The van der Waals surface area contributed by atoms with Crippen LogP contribution in [0.3, 0.4) is 0 Å². The standard InChI is InChI=1S/C15H15N3O4S/c16-12(20)10-5-6-23-13(10)17-11(19)7-18-14(21)8-3-1-2-4-9(8)15(18)22/h1-2,5-6,8-9H,3-4,7H2,(H2,16,20)(H,17,19)/t8-,9-/m1/s1. The average molecular weight is 333 g/mol. The van der Waals surface area contributed by atoms with E-state index in [1.54, 1.807) is 5.38 Å². The molecule has 8 heteroatoms. The zero-order valence-electron chi connectivity index (χ0n) is 12.2. The van der Waals surface area contributed by atoms with Crippen LogP contribution in [-0.4, -0.2) is 35.1 Å². The molecule has 0 unspecified atom stereocenters. The van der Waals surface area contributed by atoms with Gasteiger partial charge in [-0.05, 0) is 24.3 Å². The smallest absolute Gasteiger partial charge is 0.251 e. The van der Waals surface area contributed by atoms with Gasteiger partial charge in [0.15, 0.2) is 0 Å². The fourth-order valence-corrected chi connectivity index (χ4v) is 3.74. The molecular weight excluding hydrogens is 318 g/mol. The number of hydrogen-bond acceptors (Lipinski definition) is 5. The summed E-state index contributed by atoms with van der Waals surface area (Å²) in [5.41, 5.74) is 5.42. The van der Waals surface area contributed by atoms with Crippen LogP contribution in [-0.2, 0) is 14.4 Å². The molecule has 0 radical (unpaired) electrons. The van der Waals surface area contributed by atoms with Crippen LogP contribution in [0.4, 0.5) is 5.00 Å². The van der Waals surface area contributed by atoms with Gasteiger partial charge in [-0.2, -0.15) is 0 Å². The number of fused-ring (bicyclic) bond motifs is 1. The number of thiophene rings is 1. The van der Waals surface area contributed by atoms with Gasteiger partial charge in [0.1, 0.15) is 11.5 Å². The van der Waals surface area contributed by atoms with E-state index in [0.717, 1.165) is 16.2 Å². The lowest BCUT2D eigenvalue weighted by molar-refractivity contribution is -0.142. The topological polar surface area (TPSA) is 110 Å². The Morgan fingerprint density at radius 1 is 1.22 bits per heavy atom.